The summed E-state index contributed by atoms with van der Waals surface area (Å²) in [6.07, 6.45) is 0.00588. The third kappa shape index (κ3) is 2.72. The molecule has 0 fully saturated rings. The lowest BCUT2D eigenvalue weighted by molar-refractivity contribution is -0.124. The molecular formula is C22H23N3O4S. The van der Waals surface area contributed by atoms with Crippen molar-refractivity contribution in [2.45, 2.75) is 38.5 Å². The highest BCUT2D eigenvalue weighted by atomic mass is 32.1. The lowest BCUT2D eigenvalue weighted by Gasteiger charge is -2.37. The maximum Gasteiger partial charge on any atom is 0.346 e. The Kier molecular flexibility index (Phi) is 4.61. The standard InChI is InChI=1S/C22H23N3O4S/c1-9(2)29-11-4-5-12(10(3)8-11)22(25)13-6-7-14(23)18-15(13)16(17(24)20(22)26)19(30-18)21(27)28/h4-9,17H,23-25H2,1-3H3,(H,27,28). The maximum absolute atomic E-state index is 13.5. The molecule has 7 nitrogen and oxygen atoms in total. The van der Waals surface area contributed by atoms with Crippen molar-refractivity contribution < 1.29 is 19.4 Å². The van der Waals surface area contributed by atoms with Crippen molar-refractivity contribution in [2.75, 3.05) is 5.73 Å². The van der Waals surface area contributed by atoms with Gasteiger partial charge in [0.1, 0.15) is 16.2 Å². The van der Waals surface area contributed by atoms with Gasteiger partial charge in [-0.1, -0.05) is 12.1 Å². The molecule has 2 atom stereocenters. The van der Waals surface area contributed by atoms with Gasteiger partial charge in [-0.25, -0.2) is 4.79 Å². The number of hydrogen-bond donors (Lipinski definition) is 4. The van der Waals surface area contributed by atoms with E-state index in [2.05, 4.69) is 0 Å². The van der Waals surface area contributed by atoms with Gasteiger partial charge in [0.05, 0.1) is 16.8 Å². The number of nitrogen functional groups attached to an aromatic ring is 1. The van der Waals surface area contributed by atoms with Gasteiger partial charge in [0.2, 0.25) is 0 Å². The second-order valence-electron chi connectivity index (χ2n) is 7.85. The zero-order chi connectivity index (χ0) is 22.0. The van der Waals surface area contributed by atoms with Crippen LogP contribution in [0.4, 0.5) is 5.69 Å². The van der Waals surface area contributed by atoms with Gasteiger partial charge >= 0.3 is 5.97 Å². The van der Waals surface area contributed by atoms with Crippen LogP contribution in [0.2, 0.25) is 0 Å². The average Bonchev–Trinajstić information content (AvgIpc) is 3.07. The maximum atomic E-state index is 13.5. The molecule has 156 valence electrons. The molecule has 0 spiro atoms. The average molecular weight is 426 g/mol. The number of Topliss-reactive ketones (excluding diaryl/α,β-unsaturated/α-hetero) is 1. The number of carboxylic acid groups (broad SMARTS) is 1. The molecule has 1 aliphatic carbocycles. The van der Waals surface area contributed by atoms with Gasteiger partial charge in [-0.3, -0.25) is 4.79 Å². The second kappa shape index (κ2) is 6.80. The summed E-state index contributed by atoms with van der Waals surface area (Å²) in [5, 5.41) is 10.2. The highest BCUT2D eigenvalue weighted by Gasteiger charge is 2.49. The highest BCUT2D eigenvalue weighted by Crippen LogP contribution is 2.49. The fourth-order valence-corrected chi connectivity index (χ4v) is 5.38. The van der Waals surface area contributed by atoms with E-state index in [1.807, 2.05) is 26.8 Å². The van der Waals surface area contributed by atoms with Crippen LogP contribution >= 0.6 is 11.3 Å². The predicted molar refractivity (Wildman–Crippen MR) is 117 cm³/mol. The van der Waals surface area contributed by atoms with E-state index >= 15 is 0 Å². The number of anilines is 1. The number of benzene rings is 2. The Bertz CT molecular complexity index is 1220. The molecule has 0 amide bonds. The minimum atomic E-state index is -1.53. The molecule has 30 heavy (non-hydrogen) atoms. The topological polar surface area (TPSA) is 142 Å². The Labute approximate surface area is 177 Å². The van der Waals surface area contributed by atoms with Gasteiger partial charge in [0, 0.05) is 16.6 Å². The number of aromatic carboxylic acids is 1. The van der Waals surface area contributed by atoms with Crippen molar-refractivity contribution in [3.8, 4) is 5.75 Å². The number of ether oxygens (including phenoxy) is 1. The molecule has 2 unspecified atom stereocenters. The summed E-state index contributed by atoms with van der Waals surface area (Å²) in [4.78, 5) is 25.4. The summed E-state index contributed by atoms with van der Waals surface area (Å²) >= 11 is 1.02. The first kappa shape index (κ1) is 20.3. The van der Waals surface area contributed by atoms with Crippen molar-refractivity contribution in [2.24, 2.45) is 11.5 Å². The van der Waals surface area contributed by atoms with Crippen molar-refractivity contribution in [1.29, 1.82) is 0 Å². The van der Waals surface area contributed by atoms with E-state index in [4.69, 9.17) is 21.9 Å². The van der Waals surface area contributed by atoms with Crippen LogP contribution in [0.1, 0.15) is 51.8 Å². The number of carbonyl (C=O) groups excluding carboxylic acids is 1. The Balaban J connectivity index is 2.02. The van der Waals surface area contributed by atoms with E-state index in [0.717, 1.165) is 16.9 Å². The van der Waals surface area contributed by atoms with Crippen molar-refractivity contribution in [3.63, 3.8) is 0 Å². The molecule has 0 radical (unpaired) electrons. The van der Waals surface area contributed by atoms with Crippen LogP contribution in [0.3, 0.4) is 0 Å². The predicted octanol–water partition coefficient (Wildman–Crippen LogP) is 3.06. The van der Waals surface area contributed by atoms with Crippen LogP contribution in [0, 0.1) is 6.92 Å². The van der Waals surface area contributed by atoms with Gasteiger partial charge in [0.15, 0.2) is 5.78 Å². The first-order valence-electron chi connectivity index (χ1n) is 9.52. The molecule has 0 aliphatic heterocycles. The molecule has 4 rings (SSSR count). The molecule has 0 saturated carbocycles. The summed E-state index contributed by atoms with van der Waals surface area (Å²) in [6.45, 7) is 5.72. The minimum Gasteiger partial charge on any atom is -0.491 e. The third-order valence-corrected chi connectivity index (χ3v) is 6.74. The van der Waals surface area contributed by atoms with Gasteiger partial charge in [0.25, 0.3) is 0 Å². The van der Waals surface area contributed by atoms with E-state index in [9.17, 15) is 14.7 Å². The number of carbonyl (C=O) groups is 2. The van der Waals surface area contributed by atoms with Gasteiger partial charge in [-0.15, -0.1) is 11.3 Å². The molecule has 1 aliphatic rings. The molecule has 1 aromatic heterocycles. The van der Waals surface area contributed by atoms with Crippen molar-refractivity contribution in [3.05, 3.63) is 57.5 Å². The lowest BCUT2D eigenvalue weighted by Crippen LogP contribution is -2.52. The van der Waals surface area contributed by atoms with Gasteiger partial charge in [-0.2, -0.15) is 0 Å². The normalized spacial score (nSPS) is 20.7. The van der Waals surface area contributed by atoms with Crippen molar-refractivity contribution >= 4 is 38.9 Å². The zero-order valence-electron chi connectivity index (χ0n) is 16.9. The summed E-state index contributed by atoms with van der Waals surface area (Å²) in [6, 6.07) is 7.56. The first-order valence-corrected chi connectivity index (χ1v) is 10.3. The first-order chi connectivity index (χ1) is 14.1. The molecule has 1 heterocycles. The molecule has 2 aromatic carbocycles. The number of ketones is 1. The molecule has 3 aromatic rings. The highest BCUT2D eigenvalue weighted by molar-refractivity contribution is 7.21. The number of nitrogens with two attached hydrogens (primary N) is 3. The van der Waals surface area contributed by atoms with Crippen LogP contribution in [-0.2, 0) is 10.3 Å². The Morgan fingerprint density at radius 3 is 2.50 bits per heavy atom. The molecule has 0 saturated heterocycles. The van der Waals surface area contributed by atoms with Crippen LogP contribution in [-0.4, -0.2) is 23.0 Å². The van der Waals surface area contributed by atoms with E-state index < -0.39 is 23.3 Å². The van der Waals surface area contributed by atoms with E-state index in [-0.39, 0.29) is 16.5 Å². The zero-order valence-corrected chi connectivity index (χ0v) is 17.7. The lowest BCUT2D eigenvalue weighted by atomic mass is 9.69. The summed E-state index contributed by atoms with van der Waals surface area (Å²) < 4.78 is 6.33. The molecule has 7 N–H and O–H groups in total. The monoisotopic (exact) mass is 425 g/mol. The number of aryl methyl sites for hydroxylation is 1. The Hall–Kier alpha value is -2.94. The minimum absolute atomic E-state index is 0.00588. The number of hydrogen-bond acceptors (Lipinski definition) is 7. The number of carboxylic acids is 1. The number of rotatable bonds is 4. The fraction of sp³-hybridized carbons (Fsp3) is 0.273. The van der Waals surface area contributed by atoms with E-state index in [1.165, 1.54) is 0 Å². The van der Waals surface area contributed by atoms with Crippen molar-refractivity contribution in [1.82, 2.24) is 0 Å². The summed E-state index contributed by atoms with van der Waals surface area (Å²) in [7, 11) is 0. The largest absolute Gasteiger partial charge is 0.491 e. The Morgan fingerprint density at radius 1 is 1.23 bits per heavy atom. The van der Waals surface area contributed by atoms with Gasteiger partial charge in [-0.05, 0) is 55.7 Å². The van der Waals surface area contributed by atoms with E-state index in [1.54, 1.807) is 24.3 Å². The summed E-state index contributed by atoms with van der Waals surface area (Å²) in [5.41, 5.74) is 20.3. The SMILES string of the molecule is Cc1cc(OC(C)C)ccc1C1(N)C(=O)C(N)c2c(C(=O)O)sc3c(N)ccc1c23. The summed E-state index contributed by atoms with van der Waals surface area (Å²) in [5.74, 6) is -0.924. The number of thiophene rings is 1. The van der Waals surface area contributed by atoms with Gasteiger partial charge < -0.3 is 27.0 Å². The molecule has 0 bridgehead atoms. The van der Waals surface area contributed by atoms with E-state index in [0.29, 0.717) is 32.6 Å². The fourth-order valence-electron chi connectivity index (χ4n) is 4.24. The Morgan fingerprint density at radius 2 is 1.90 bits per heavy atom. The quantitative estimate of drug-likeness (QED) is 0.471. The second-order valence-corrected chi connectivity index (χ2v) is 8.87. The smallest absolute Gasteiger partial charge is 0.346 e. The van der Waals surface area contributed by atoms with Crippen LogP contribution in [0.25, 0.3) is 10.1 Å². The molecular weight excluding hydrogens is 402 g/mol. The van der Waals surface area contributed by atoms with Crippen LogP contribution < -0.4 is 21.9 Å². The van der Waals surface area contributed by atoms with Crippen LogP contribution in [0.5, 0.6) is 5.75 Å². The third-order valence-electron chi connectivity index (χ3n) is 5.50. The van der Waals surface area contributed by atoms with Crippen LogP contribution in [0.15, 0.2) is 30.3 Å². The molecule has 8 heteroatoms.